The Labute approximate surface area is 221 Å². The molecule has 1 fully saturated rings. The number of carbonyl (C=O) groups is 1. The van der Waals surface area contributed by atoms with Gasteiger partial charge >= 0.3 is 6.09 Å². The minimum Gasteiger partial charge on any atom is -0.475 e. The number of aryl methyl sites for hydroxylation is 1. The Balaban J connectivity index is 1.66. The van der Waals surface area contributed by atoms with Crippen molar-refractivity contribution < 1.29 is 14.6 Å². The van der Waals surface area contributed by atoms with E-state index in [4.69, 9.17) is 9.72 Å². The summed E-state index contributed by atoms with van der Waals surface area (Å²) >= 11 is 0. The summed E-state index contributed by atoms with van der Waals surface area (Å²) in [6.45, 7) is 4.51. The van der Waals surface area contributed by atoms with Crippen molar-refractivity contribution in [2.75, 3.05) is 38.7 Å². The van der Waals surface area contributed by atoms with Crippen LogP contribution in [0.25, 0.3) is 28.2 Å². The highest BCUT2D eigenvalue weighted by Gasteiger charge is 2.23. The summed E-state index contributed by atoms with van der Waals surface area (Å²) in [5.74, 6) is 0.858. The number of hydrogen-bond donors (Lipinski definition) is 1. The lowest BCUT2D eigenvalue weighted by Crippen LogP contribution is -2.34. The molecule has 0 spiro atoms. The number of imidazole rings is 1. The van der Waals surface area contributed by atoms with Crippen LogP contribution < -0.4 is 9.64 Å². The number of fused-ring (bicyclic) bond motifs is 1. The molecule has 0 unspecified atom stereocenters. The lowest BCUT2D eigenvalue weighted by atomic mass is 9.99. The maximum Gasteiger partial charge on any atom is 0.411 e. The van der Waals surface area contributed by atoms with Gasteiger partial charge in [0.1, 0.15) is 0 Å². The third-order valence-electron chi connectivity index (χ3n) is 7.11. The number of nitrogens with zero attached hydrogens (tertiary/aromatic N) is 6. The van der Waals surface area contributed by atoms with Crippen molar-refractivity contribution in [1.82, 2.24) is 19.3 Å². The molecule has 1 N–H and O–H groups in total. The molecular weight excluding hydrogens is 480 g/mol. The summed E-state index contributed by atoms with van der Waals surface area (Å²) in [6.07, 6.45) is 4.79. The Morgan fingerprint density at radius 3 is 2.71 bits per heavy atom. The van der Waals surface area contributed by atoms with Crippen molar-refractivity contribution in [3.05, 3.63) is 66.0 Å². The Bertz CT molecular complexity index is 1520. The molecule has 1 amide bonds. The molecule has 1 aliphatic rings. The molecule has 9 heteroatoms. The van der Waals surface area contributed by atoms with Crippen LogP contribution in [0, 0.1) is 24.2 Å². The maximum atomic E-state index is 11.7. The molecule has 1 saturated heterocycles. The molecule has 1 atom stereocenters. The number of carboxylic acid groups (broad SMARTS) is 1. The first-order chi connectivity index (χ1) is 18.4. The van der Waals surface area contributed by atoms with Gasteiger partial charge in [-0.25, -0.2) is 14.8 Å². The van der Waals surface area contributed by atoms with Gasteiger partial charge in [0, 0.05) is 43.0 Å². The van der Waals surface area contributed by atoms with Gasteiger partial charge < -0.3 is 14.7 Å². The smallest absolute Gasteiger partial charge is 0.411 e. The van der Waals surface area contributed by atoms with Crippen LogP contribution in [0.5, 0.6) is 5.88 Å². The first kappa shape index (κ1) is 25.2. The van der Waals surface area contributed by atoms with E-state index < -0.39 is 6.09 Å². The van der Waals surface area contributed by atoms with Crippen LogP contribution in [0.1, 0.15) is 24.0 Å². The highest BCUT2D eigenvalue weighted by atomic mass is 16.5. The standard InChI is InChI=1S/C29H30N6O3/c1-19-6-9-23(15-24(19)34(3)29(36)37)26-25(22-10-7-20(16-30)8-11-22)32-28(27-31-12-14-35(26)27)38-18-21-5-4-13-33(2)17-21/h6-12,14-15,21H,4-5,13,17-18H2,1-3H3,(H,36,37)/t21-/m1/s1. The second kappa shape index (κ2) is 10.5. The Morgan fingerprint density at radius 2 is 2.00 bits per heavy atom. The van der Waals surface area contributed by atoms with Crippen LogP contribution in [-0.2, 0) is 0 Å². The number of aromatic nitrogens is 3. The van der Waals surface area contributed by atoms with E-state index in [0.29, 0.717) is 41.0 Å². The monoisotopic (exact) mass is 510 g/mol. The van der Waals surface area contributed by atoms with E-state index in [-0.39, 0.29) is 0 Å². The molecule has 3 heterocycles. The topological polar surface area (TPSA) is 107 Å². The second-order valence-electron chi connectivity index (χ2n) is 9.85. The first-order valence-electron chi connectivity index (χ1n) is 12.6. The van der Waals surface area contributed by atoms with Crippen molar-refractivity contribution in [3.63, 3.8) is 0 Å². The summed E-state index contributed by atoms with van der Waals surface area (Å²) in [6, 6.07) is 15.1. The van der Waals surface area contributed by atoms with Gasteiger partial charge in [-0.05, 0) is 57.1 Å². The zero-order chi connectivity index (χ0) is 26.8. The van der Waals surface area contributed by atoms with E-state index in [1.165, 1.54) is 11.9 Å². The number of benzene rings is 2. The Hall–Kier alpha value is -4.42. The predicted molar refractivity (Wildman–Crippen MR) is 145 cm³/mol. The first-order valence-corrected chi connectivity index (χ1v) is 12.6. The number of ether oxygens (including phenoxy) is 1. The number of rotatable bonds is 6. The average Bonchev–Trinajstić information content (AvgIpc) is 3.41. The van der Waals surface area contributed by atoms with Crippen molar-refractivity contribution in [3.8, 4) is 34.5 Å². The van der Waals surface area contributed by atoms with Gasteiger partial charge in [-0.15, -0.1) is 0 Å². The van der Waals surface area contributed by atoms with Crippen LogP contribution in [0.15, 0.2) is 54.9 Å². The molecule has 9 nitrogen and oxygen atoms in total. The van der Waals surface area contributed by atoms with Crippen molar-refractivity contribution in [1.29, 1.82) is 5.26 Å². The van der Waals surface area contributed by atoms with Gasteiger partial charge in [-0.3, -0.25) is 9.30 Å². The third-order valence-corrected chi connectivity index (χ3v) is 7.11. The Morgan fingerprint density at radius 1 is 1.24 bits per heavy atom. The van der Waals surface area contributed by atoms with Gasteiger partial charge in [0.25, 0.3) is 5.88 Å². The van der Waals surface area contributed by atoms with Crippen LogP contribution in [0.4, 0.5) is 10.5 Å². The molecule has 0 saturated carbocycles. The molecular formula is C29H30N6O3. The number of likely N-dealkylation sites (tertiary alicyclic amines) is 1. The summed E-state index contributed by atoms with van der Waals surface area (Å²) in [5.41, 5.74) is 5.57. The minimum atomic E-state index is -1.04. The lowest BCUT2D eigenvalue weighted by molar-refractivity contribution is 0.148. The van der Waals surface area contributed by atoms with Crippen LogP contribution >= 0.6 is 0 Å². The van der Waals surface area contributed by atoms with Crippen molar-refractivity contribution in [2.24, 2.45) is 5.92 Å². The van der Waals surface area contributed by atoms with E-state index in [2.05, 4.69) is 23.0 Å². The third kappa shape index (κ3) is 4.91. The Kier molecular flexibility index (Phi) is 6.99. The number of nitriles is 1. The van der Waals surface area contributed by atoms with E-state index in [1.54, 1.807) is 18.3 Å². The molecule has 2 aromatic heterocycles. The summed E-state index contributed by atoms with van der Waals surface area (Å²) < 4.78 is 8.26. The van der Waals surface area contributed by atoms with E-state index in [9.17, 15) is 15.2 Å². The number of anilines is 1. The van der Waals surface area contributed by atoms with Gasteiger partial charge in [-0.1, -0.05) is 24.3 Å². The maximum absolute atomic E-state index is 11.7. The molecule has 5 rings (SSSR count). The zero-order valence-corrected chi connectivity index (χ0v) is 21.8. The molecule has 38 heavy (non-hydrogen) atoms. The molecule has 0 bridgehead atoms. The van der Waals surface area contributed by atoms with Gasteiger partial charge in [0.15, 0.2) is 0 Å². The minimum absolute atomic E-state index is 0.412. The normalized spacial score (nSPS) is 15.8. The highest BCUT2D eigenvalue weighted by molar-refractivity contribution is 5.89. The quantitative estimate of drug-likeness (QED) is 0.386. The zero-order valence-electron chi connectivity index (χ0n) is 21.8. The molecule has 0 radical (unpaired) electrons. The van der Waals surface area contributed by atoms with E-state index in [1.807, 2.05) is 47.9 Å². The lowest BCUT2D eigenvalue weighted by Gasteiger charge is -2.29. The molecule has 194 valence electrons. The summed E-state index contributed by atoms with van der Waals surface area (Å²) in [5, 5.41) is 18.9. The fraction of sp³-hybridized carbons (Fsp3) is 0.310. The SMILES string of the molecule is Cc1ccc(-c2c(-c3ccc(C#N)cc3)nc(OC[C@@H]3CCCN(C)C3)c3nccn23)cc1N(C)C(=O)O. The molecule has 4 aromatic rings. The van der Waals surface area contributed by atoms with E-state index in [0.717, 1.165) is 48.3 Å². The number of piperidine rings is 1. The predicted octanol–water partition coefficient (Wildman–Crippen LogP) is 5.08. The average molecular weight is 511 g/mol. The summed E-state index contributed by atoms with van der Waals surface area (Å²) in [4.78, 5) is 24.8. The molecule has 1 aliphatic heterocycles. The second-order valence-corrected chi connectivity index (χ2v) is 9.85. The van der Waals surface area contributed by atoms with Gasteiger partial charge in [0.2, 0.25) is 5.65 Å². The fourth-order valence-electron chi connectivity index (χ4n) is 5.06. The largest absolute Gasteiger partial charge is 0.475 e. The molecule has 0 aliphatic carbocycles. The van der Waals surface area contributed by atoms with E-state index >= 15 is 0 Å². The molecule has 2 aromatic carbocycles. The highest BCUT2D eigenvalue weighted by Crippen LogP contribution is 2.37. The number of amides is 1. The van der Waals surface area contributed by atoms with Gasteiger partial charge in [0.05, 0.1) is 35.3 Å². The fourth-order valence-corrected chi connectivity index (χ4v) is 5.06. The van der Waals surface area contributed by atoms with Crippen molar-refractivity contribution >= 4 is 17.4 Å². The summed E-state index contributed by atoms with van der Waals surface area (Å²) in [7, 11) is 3.66. The number of hydrogen-bond acceptors (Lipinski definition) is 6. The van der Waals surface area contributed by atoms with Crippen LogP contribution in [0.2, 0.25) is 0 Å². The van der Waals surface area contributed by atoms with Crippen LogP contribution in [0.3, 0.4) is 0 Å². The van der Waals surface area contributed by atoms with Crippen molar-refractivity contribution in [2.45, 2.75) is 19.8 Å². The van der Waals surface area contributed by atoms with Gasteiger partial charge in [-0.2, -0.15) is 5.26 Å². The van der Waals surface area contributed by atoms with Crippen LogP contribution in [-0.4, -0.2) is 64.3 Å².